The summed E-state index contributed by atoms with van der Waals surface area (Å²) < 4.78 is 0. The van der Waals surface area contributed by atoms with Crippen LogP contribution < -0.4 is 5.73 Å². The number of rotatable bonds is 4. The van der Waals surface area contributed by atoms with Gasteiger partial charge in [-0.05, 0) is 13.3 Å². The molecule has 4 nitrogen and oxygen atoms in total. The van der Waals surface area contributed by atoms with Crippen LogP contribution in [0.5, 0.6) is 0 Å². The van der Waals surface area contributed by atoms with E-state index < -0.39 is 0 Å². The lowest BCUT2D eigenvalue weighted by molar-refractivity contribution is 0.111. The molecule has 0 saturated carbocycles. The number of guanidine groups is 1. The van der Waals surface area contributed by atoms with Gasteiger partial charge in [0.1, 0.15) is 0 Å². The Kier molecular flexibility index (Phi) is 3.54. The first-order chi connectivity index (χ1) is 6.16. The second kappa shape index (κ2) is 4.46. The maximum atomic E-state index is 9.47. The van der Waals surface area contributed by atoms with E-state index in [-0.39, 0.29) is 12.1 Å². The van der Waals surface area contributed by atoms with Crippen molar-refractivity contribution in [1.82, 2.24) is 4.90 Å². The van der Waals surface area contributed by atoms with Crippen LogP contribution in [0.25, 0.3) is 0 Å². The molecule has 3 N–H and O–H groups in total. The molecule has 1 heterocycles. The maximum Gasteiger partial charge on any atom is 0.191 e. The van der Waals surface area contributed by atoms with Crippen molar-refractivity contribution in [3.8, 4) is 0 Å². The Morgan fingerprint density at radius 3 is 3.00 bits per heavy atom. The van der Waals surface area contributed by atoms with Crippen LogP contribution in [0.1, 0.15) is 26.7 Å². The minimum atomic E-state index is -0.360. The van der Waals surface area contributed by atoms with Gasteiger partial charge in [0.2, 0.25) is 0 Å². The molecule has 0 amide bonds. The summed E-state index contributed by atoms with van der Waals surface area (Å²) in [5.74, 6) is 0.583. The van der Waals surface area contributed by atoms with E-state index in [4.69, 9.17) is 5.73 Å². The van der Waals surface area contributed by atoms with E-state index in [1.807, 2.05) is 4.90 Å². The Morgan fingerprint density at radius 2 is 2.46 bits per heavy atom. The van der Waals surface area contributed by atoms with Gasteiger partial charge in [-0.2, -0.15) is 0 Å². The number of aliphatic imine (C=N–C) groups is 1. The van der Waals surface area contributed by atoms with Gasteiger partial charge in [-0.1, -0.05) is 13.3 Å². The standard InChI is InChI=1S/C9H19N3O/c1-3-4-5-12-8(7(2)13)6-11-9(12)10/h7-8,13H,3-6H2,1-2H3,(H2,10,11)/t7?,8-/m1/s1. The first-order valence-electron chi connectivity index (χ1n) is 4.91. The molecule has 2 atom stereocenters. The number of nitrogens with two attached hydrogens (primary N) is 1. The Hall–Kier alpha value is -0.770. The van der Waals surface area contributed by atoms with Gasteiger partial charge in [0, 0.05) is 6.54 Å². The van der Waals surface area contributed by atoms with Gasteiger partial charge in [-0.3, -0.25) is 4.99 Å². The molecule has 0 radical (unpaired) electrons. The molecule has 0 aromatic carbocycles. The first kappa shape index (κ1) is 10.3. The van der Waals surface area contributed by atoms with E-state index in [1.165, 1.54) is 0 Å². The lowest BCUT2D eigenvalue weighted by Gasteiger charge is -2.27. The first-order valence-corrected chi connectivity index (χ1v) is 4.91. The molecule has 0 fully saturated rings. The fraction of sp³-hybridized carbons (Fsp3) is 0.889. The largest absolute Gasteiger partial charge is 0.391 e. The number of hydrogen-bond donors (Lipinski definition) is 2. The van der Waals surface area contributed by atoms with Crippen LogP contribution >= 0.6 is 0 Å². The van der Waals surface area contributed by atoms with Crippen molar-refractivity contribution in [1.29, 1.82) is 0 Å². The van der Waals surface area contributed by atoms with Crippen LogP contribution in [-0.4, -0.2) is 41.2 Å². The van der Waals surface area contributed by atoms with Gasteiger partial charge in [0.15, 0.2) is 5.96 Å². The van der Waals surface area contributed by atoms with Gasteiger partial charge in [-0.15, -0.1) is 0 Å². The van der Waals surface area contributed by atoms with Crippen molar-refractivity contribution in [3.05, 3.63) is 0 Å². The monoisotopic (exact) mass is 185 g/mol. The molecule has 76 valence electrons. The van der Waals surface area contributed by atoms with Crippen molar-refractivity contribution < 1.29 is 5.11 Å². The molecule has 0 aliphatic carbocycles. The summed E-state index contributed by atoms with van der Waals surface area (Å²) >= 11 is 0. The molecule has 1 rings (SSSR count). The molecule has 0 saturated heterocycles. The summed E-state index contributed by atoms with van der Waals surface area (Å²) in [6.07, 6.45) is 1.87. The quantitative estimate of drug-likeness (QED) is 0.656. The molecule has 1 aliphatic heterocycles. The van der Waals surface area contributed by atoms with Crippen LogP contribution in [0, 0.1) is 0 Å². The summed E-state index contributed by atoms with van der Waals surface area (Å²) in [4.78, 5) is 6.14. The fourth-order valence-corrected chi connectivity index (χ4v) is 1.57. The fourth-order valence-electron chi connectivity index (χ4n) is 1.57. The van der Waals surface area contributed by atoms with Crippen molar-refractivity contribution in [2.75, 3.05) is 13.1 Å². The van der Waals surface area contributed by atoms with Crippen molar-refractivity contribution in [3.63, 3.8) is 0 Å². The minimum absolute atomic E-state index is 0.0894. The zero-order valence-electron chi connectivity index (χ0n) is 8.40. The van der Waals surface area contributed by atoms with E-state index in [9.17, 15) is 5.11 Å². The summed E-state index contributed by atoms with van der Waals surface area (Å²) in [5, 5.41) is 9.47. The smallest absolute Gasteiger partial charge is 0.191 e. The van der Waals surface area contributed by atoms with Crippen LogP contribution in [0.15, 0.2) is 4.99 Å². The highest BCUT2D eigenvalue weighted by Crippen LogP contribution is 2.12. The molecule has 4 heteroatoms. The number of unbranched alkanes of at least 4 members (excludes halogenated alkanes) is 1. The van der Waals surface area contributed by atoms with Crippen molar-refractivity contribution >= 4 is 5.96 Å². The molecule has 0 aromatic rings. The molecule has 0 bridgehead atoms. The summed E-state index contributed by atoms with van der Waals surface area (Å²) in [6.45, 7) is 5.47. The van der Waals surface area contributed by atoms with Crippen molar-refractivity contribution in [2.45, 2.75) is 38.8 Å². The third-order valence-corrected chi connectivity index (χ3v) is 2.44. The number of nitrogens with zero attached hydrogens (tertiary/aromatic N) is 2. The zero-order valence-corrected chi connectivity index (χ0v) is 8.40. The van der Waals surface area contributed by atoms with Gasteiger partial charge in [0.25, 0.3) is 0 Å². The highest BCUT2D eigenvalue weighted by Gasteiger charge is 2.28. The molecule has 1 unspecified atom stereocenters. The van der Waals surface area contributed by atoms with Crippen molar-refractivity contribution in [2.24, 2.45) is 10.7 Å². The minimum Gasteiger partial charge on any atom is -0.391 e. The van der Waals surface area contributed by atoms with Crippen LogP contribution in [0.2, 0.25) is 0 Å². The third kappa shape index (κ3) is 2.34. The van der Waals surface area contributed by atoms with Gasteiger partial charge < -0.3 is 15.7 Å². The topological polar surface area (TPSA) is 61.8 Å². The lowest BCUT2D eigenvalue weighted by atomic mass is 10.1. The Morgan fingerprint density at radius 1 is 1.77 bits per heavy atom. The maximum absolute atomic E-state index is 9.47. The average Bonchev–Trinajstić information content (AvgIpc) is 2.43. The molecular weight excluding hydrogens is 166 g/mol. The Balaban J connectivity index is 2.50. The van der Waals surface area contributed by atoms with Crippen LogP contribution in [-0.2, 0) is 0 Å². The lowest BCUT2D eigenvalue weighted by Crippen LogP contribution is -2.46. The summed E-state index contributed by atoms with van der Waals surface area (Å²) in [5.41, 5.74) is 5.71. The molecule has 1 aliphatic rings. The molecule has 13 heavy (non-hydrogen) atoms. The third-order valence-electron chi connectivity index (χ3n) is 2.44. The van der Waals surface area contributed by atoms with E-state index in [0.29, 0.717) is 12.5 Å². The molecular formula is C9H19N3O. The predicted octanol–water partition coefficient (Wildman–Crippen LogP) is 0.166. The molecule has 0 aromatic heterocycles. The Bertz CT molecular complexity index is 191. The normalized spacial score (nSPS) is 24.7. The number of aliphatic hydroxyl groups is 1. The van der Waals surface area contributed by atoms with E-state index in [0.717, 1.165) is 19.4 Å². The molecule has 0 spiro atoms. The highest BCUT2D eigenvalue weighted by molar-refractivity contribution is 5.80. The SMILES string of the molecule is CCCCN1C(N)=NC[C@@H]1C(C)O. The van der Waals surface area contributed by atoms with E-state index in [1.54, 1.807) is 6.92 Å². The summed E-state index contributed by atoms with van der Waals surface area (Å²) in [6, 6.07) is 0.0894. The van der Waals surface area contributed by atoms with Crippen LogP contribution in [0.4, 0.5) is 0 Å². The predicted molar refractivity (Wildman–Crippen MR) is 53.6 cm³/mol. The zero-order chi connectivity index (χ0) is 9.84. The Labute approximate surface area is 79.4 Å². The summed E-state index contributed by atoms with van der Waals surface area (Å²) in [7, 11) is 0. The van der Waals surface area contributed by atoms with Gasteiger partial charge >= 0.3 is 0 Å². The highest BCUT2D eigenvalue weighted by atomic mass is 16.3. The van der Waals surface area contributed by atoms with Gasteiger partial charge in [0.05, 0.1) is 18.7 Å². The number of hydrogen-bond acceptors (Lipinski definition) is 4. The second-order valence-corrected chi connectivity index (χ2v) is 3.55. The average molecular weight is 185 g/mol. The van der Waals surface area contributed by atoms with E-state index in [2.05, 4.69) is 11.9 Å². The number of aliphatic hydroxyl groups excluding tert-OH is 1. The van der Waals surface area contributed by atoms with Crippen LogP contribution in [0.3, 0.4) is 0 Å². The second-order valence-electron chi connectivity index (χ2n) is 3.55. The van der Waals surface area contributed by atoms with E-state index >= 15 is 0 Å². The van der Waals surface area contributed by atoms with Gasteiger partial charge in [-0.25, -0.2) is 0 Å².